The number of aromatic amines is 1. The van der Waals surface area contributed by atoms with Gasteiger partial charge in [0.15, 0.2) is 0 Å². The summed E-state index contributed by atoms with van der Waals surface area (Å²) in [6.07, 6.45) is 0. The normalized spacial score (nSPS) is 10.3. The number of nitrogens with zero attached hydrogens (tertiary/aromatic N) is 1. The fraction of sp³-hybridized carbons (Fsp3) is 0. The van der Waals surface area contributed by atoms with Gasteiger partial charge < -0.3 is 4.98 Å². The molecular formula is C16H10N2O. The lowest BCUT2D eigenvalue weighted by Gasteiger charge is -2.06. The molecule has 0 spiro atoms. The summed E-state index contributed by atoms with van der Waals surface area (Å²) in [4.78, 5) is 14.5. The Hall–Kier alpha value is -2.86. The standard InChI is InChI=1S/C16H10N2O/c17-10-11-6-7-13-14(12-4-2-1-3-5-12)9-16(19)18-15(13)8-11/h1-9H,(H,18,19). The van der Waals surface area contributed by atoms with E-state index in [1.54, 1.807) is 18.2 Å². The molecule has 0 radical (unpaired) electrons. The van der Waals surface area contributed by atoms with Crippen LogP contribution in [0.5, 0.6) is 0 Å². The van der Waals surface area contributed by atoms with Crippen molar-refractivity contribution in [2.24, 2.45) is 0 Å². The van der Waals surface area contributed by atoms with E-state index in [2.05, 4.69) is 11.1 Å². The summed E-state index contributed by atoms with van der Waals surface area (Å²) < 4.78 is 0. The maximum Gasteiger partial charge on any atom is 0.249 e. The zero-order chi connectivity index (χ0) is 13.2. The number of hydrogen-bond donors (Lipinski definition) is 1. The molecule has 0 saturated heterocycles. The lowest BCUT2D eigenvalue weighted by Crippen LogP contribution is -2.04. The molecule has 0 aliphatic carbocycles. The zero-order valence-electron chi connectivity index (χ0n) is 10.1. The van der Waals surface area contributed by atoms with Crippen molar-refractivity contribution < 1.29 is 0 Å². The van der Waals surface area contributed by atoms with Crippen molar-refractivity contribution in [3.05, 3.63) is 70.5 Å². The Morgan fingerprint density at radius 1 is 1.00 bits per heavy atom. The average Bonchev–Trinajstić information content (AvgIpc) is 2.46. The highest BCUT2D eigenvalue weighted by Gasteiger charge is 2.06. The van der Waals surface area contributed by atoms with Crippen LogP contribution in [-0.4, -0.2) is 4.98 Å². The van der Waals surface area contributed by atoms with E-state index in [1.807, 2.05) is 36.4 Å². The second-order valence-electron chi connectivity index (χ2n) is 4.29. The summed E-state index contributed by atoms with van der Waals surface area (Å²) in [7, 11) is 0. The number of pyridine rings is 1. The van der Waals surface area contributed by atoms with Crippen LogP contribution in [0.1, 0.15) is 5.56 Å². The molecule has 3 heteroatoms. The van der Waals surface area contributed by atoms with Gasteiger partial charge >= 0.3 is 0 Å². The maximum absolute atomic E-state index is 11.7. The highest BCUT2D eigenvalue weighted by atomic mass is 16.1. The predicted octanol–water partition coefficient (Wildman–Crippen LogP) is 3.07. The van der Waals surface area contributed by atoms with Gasteiger partial charge in [0, 0.05) is 11.5 Å². The van der Waals surface area contributed by atoms with Gasteiger partial charge in [0.25, 0.3) is 0 Å². The van der Waals surface area contributed by atoms with Crippen molar-refractivity contribution in [1.82, 2.24) is 4.98 Å². The molecular weight excluding hydrogens is 236 g/mol. The summed E-state index contributed by atoms with van der Waals surface area (Å²) in [6, 6.07) is 18.7. The molecule has 3 nitrogen and oxygen atoms in total. The maximum atomic E-state index is 11.7. The fourth-order valence-corrected chi connectivity index (χ4v) is 2.19. The highest BCUT2D eigenvalue weighted by molar-refractivity contribution is 5.94. The molecule has 3 rings (SSSR count). The quantitative estimate of drug-likeness (QED) is 0.717. The monoisotopic (exact) mass is 246 g/mol. The van der Waals surface area contributed by atoms with E-state index in [9.17, 15) is 4.79 Å². The molecule has 1 heterocycles. The van der Waals surface area contributed by atoms with Gasteiger partial charge in [0.1, 0.15) is 0 Å². The van der Waals surface area contributed by atoms with E-state index < -0.39 is 0 Å². The first kappa shape index (κ1) is 11.2. The van der Waals surface area contributed by atoms with E-state index in [0.717, 1.165) is 16.5 Å². The van der Waals surface area contributed by atoms with Crippen molar-refractivity contribution in [3.63, 3.8) is 0 Å². The second kappa shape index (κ2) is 4.43. The SMILES string of the molecule is N#Cc1ccc2c(-c3ccccc3)cc(=O)[nH]c2c1. The second-order valence-corrected chi connectivity index (χ2v) is 4.29. The smallest absolute Gasteiger partial charge is 0.249 e. The van der Waals surface area contributed by atoms with Crippen LogP contribution >= 0.6 is 0 Å². The lowest BCUT2D eigenvalue weighted by atomic mass is 10.0. The minimum Gasteiger partial charge on any atom is -0.322 e. The minimum atomic E-state index is -0.165. The number of aromatic nitrogens is 1. The van der Waals surface area contributed by atoms with Gasteiger partial charge in [-0.3, -0.25) is 4.79 Å². The van der Waals surface area contributed by atoms with Crippen molar-refractivity contribution in [2.45, 2.75) is 0 Å². The van der Waals surface area contributed by atoms with Crippen molar-refractivity contribution in [1.29, 1.82) is 5.26 Å². The Morgan fingerprint density at radius 2 is 1.79 bits per heavy atom. The van der Waals surface area contributed by atoms with Gasteiger partial charge in [-0.15, -0.1) is 0 Å². The summed E-state index contributed by atoms with van der Waals surface area (Å²) in [5.74, 6) is 0. The third-order valence-corrected chi connectivity index (χ3v) is 3.06. The number of hydrogen-bond acceptors (Lipinski definition) is 2. The summed E-state index contributed by atoms with van der Waals surface area (Å²) in [5, 5.41) is 9.85. The Bertz CT molecular complexity index is 842. The molecule has 1 aromatic heterocycles. The minimum absolute atomic E-state index is 0.165. The van der Waals surface area contributed by atoms with Crippen molar-refractivity contribution in [3.8, 4) is 17.2 Å². The third-order valence-electron chi connectivity index (χ3n) is 3.06. The molecule has 1 N–H and O–H groups in total. The number of rotatable bonds is 1. The molecule has 90 valence electrons. The topological polar surface area (TPSA) is 56.6 Å². The number of nitriles is 1. The van der Waals surface area contributed by atoms with Crippen molar-refractivity contribution >= 4 is 10.9 Å². The first-order chi connectivity index (χ1) is 9.28. The van der Waals surface area contributed by atoms with E-state index in [1.165, 1.54) is 0 Å². The van der Waals surface area contributed by atoms with Gasteiger partial charge in [0.05, 0.1) is 17.1 Å². The van der Waals surface area contributed by atoms with E-state index in [4.69, 9.17) is 5.26 Å². The predicted molar refractivity (Wildman–Crippen MR) is 74.7 cm³/mol. The highest BCUT2D eigenvalue weighted by Crippen LogP contribution is 2.26. The number of fused-ring (bicyclic) bond motifs is 1. The van der Waals surface area contributed by atoms with Crippen LogP contribution in [-0.2, 0) is 0 Å². The van der Waals surface area contributed by atoms with Gasteiger partial charge in [-0.2, -0.15) is 5.26 Å². The van der Waals surface area contributed by atoms with Gasteiger partial charge in [0.2, 0.25) is 5.56 Å². The van der Waals surface area contributed by atoms with Crippen molar-refractivity contribution in [2.75, 3.05) is 0 Å². The first-order valence-corrected chi connectivity index (χ1v) is 5.90. The number of H-pyrrole nitrogens is 1. The van der Waals surface area contributed by atoms with Crippen LogP contribution in [0.4, 0.5) is 0 Å². The third kappa shape index (κ3) is 2.00. The van der Waals surface area contributed by atoms with Crippen LogP contribution in [0.15, 0.2) is 59.4 Å². The van der Waals surface area contributed by atoms with E-state index in [-0.39, 0.29) is 5.56 Å². The molecule has 19 heavy (non-hydrogen) atoms. The molecule has 0 atom stereocenters. The van der Waals surface area contributed by atoms with Crippen LogP contribution in [0.2, 0.25) is 0 Å². The number of nitrogens with one attached hydrogen (secondary N) is 1. The fourth-order valence-electron chi connectivity index (χ4n) is 2.19. The molecule has 0 saturated carbocycles. The molecule has 0 aliphatic heterocycles. The van der Waals surface area contributed by atoms with Crippen LogP contribution in [0, 0.1) is 11.3 Å². The zero-order valence-corrected chi connectivity index (χ0v) is 10.1. The Morgan fingerprint density at radius 3 is 2.53 bits per heavy atom. The molecule has 0 fully saturated rings. The average molecular weight is 246 g/mol. The molecule has 2 aromatic carbocycles. The van der Waals surface area contributed by atoms with Gasteiger partial charge in [-0.1, -0.05) is 36.4 Å². The van der Waals surface area contributed by atoms with Crippen LogP contribution in [0.3, 0.4) is 0 Å². The lowest BCUT2D eigenvalue weighted by molar-refractivity contribution is 1.30. The first-order valence-electron chi connectivity index (χ1n) is 5.90. The van der Waals surface area contributed by atoms with Gasteiger partial charge in [-0.25, -0.2) is 0 Å². The van der Waals surface area contributed by atoms with Gasteiger partial charge in [-0.05, 0) is 23.3 Å². The Balaban J connectivity index is 2.37. The van der Waals surface area contributed by atoms with E-state index >= 15 is 0 Å². The molecule has 0 unspecified atom stereocenters. The molecule has 0 bridgehead atoms. The van der Waals surface area contributed by atoms with Crippen LogP contribution in [0.25, 0.3) is 22.0 Å². The summed E-state index contributed by atoms with van der Waals surface area (Å²) in [6.45, 7) is 0. The molecule has 0 amide bonds. The summed E-state index contributed by atoms with van der Waals surface area (Å²) >= 11 is 0. The Labute approximate surface area is 109 Å². The summed E-state index contributed by atoms with van der Waals surface area (Å²) in [5.41, 5.74) is 2.92. The van der Waals surface area contributed by atoms with E-state index in [0.29, 0.717) is 11.1 Å². The number of benzene rings is 2. The largest absolute Gasteiger partial charge is 0.322 e. The van der Waals surface area contributed by atoms with Crippen LogP contribution < -0.4 is 5.56 Å². The Kier molecular flexibility index (Phi) is 2.62. The molecule has 0 aliphatic rings. The molecule has 3 aromatic rings.